The summed E-state index contributed by atoms with van der Waals surface area (Å²) in [4.78, 5) is 15.6. The van der Waals surface area contributed by atoms with Gasteiger partial charge in [-0.15, -0.1) is 0 Å². The molecule has 0 aliphatic rings. The maximum absolute atomic E-state index is 13.2. The highest BCUT2D eigenvalue weighted by atomic mass is 19.2. The molecule has 0 bridgehead atoms. The smallest absolute Gasteiger partial charge is 0.274 e. The van der Waals surface area contributed by atoms with Crippen LogP contribution in [0.25, 0.3) is 0 Å². The van der Waals surface area contributed by atoms with Gasteiger partial charge in [0.25, 0.3) is 5.91 Å². The number of hydrogen-bond donors (Lipinski definition) is 3. The molecule has 0 unspecified atom stereocenters. The molecule has 0 spiro atoms. The summed E-state index contributed by atoms with van der Waals surface area (Å²) < 4.78 is 39.3. The average Bonchev–Trinajstić information content (AvgIpc) is 2.50. The minimum atomic E-state index is -1.64. The van der Waals surface area contributed by atoms with Crippen LogP contribution in [0.5, 0.6) is 5.75 Å². The first-order valence-electron chi connectivity index (χ1n) is 6.14. The number of aliphatic hydroxyl groups excluding tert-OH is 1. The molecule has 0 saturated heterocycles. The van der Waals surface area contributed by atoms with Crippen LogP contribution in [0.1, 0.15) is 22.1 Å². The van der Waals surface area contributed by atoms with Gasteiger partial charge in [-0.2, -0.15) is 0 Å². The highest BCUT2D eigenvalue weighted by molar-refractivity contribution is 5.95. The van der Waals surface area contributed by atoms with Crippen molar-refractivity contribution in [3.63, 3.8) is 0 Å². The molecule has 5 nitrogen and oxygen atoms in total. The number of halogens is 3. The first kappa shape index (κ1) is 15.8. The monoisotopic (exact) mass is 312 g/mol. The number of pyridine rings is 1. The molecule has 0 fully saturated rings. The molecule has 1 aromatic heterocycles. The van der Waals surface area contributed by atoms with E-state index in [-0.39, 0.29) is 11.3 Å². The molecule has 116 valence electrons. The molecule has 1 amide bonds. The summed E-state index contributed by atoms with van der Waals surface area (Å²) in [5.74, 6) is -5.78. The molecule has 0 aliphatic carbocycles. The zero-order valence-corrected chi connectivity index (χ0v) is 11.1. The number of nitrogens with one attached hydrogen (secondary N) is 1. The zero-order chi connectivity index (χ0) is 16.3. The van der Waals surface area contributed by atoms with Crippen LogP contribution in [0.4, 0.5) is 13.2 Å². The predicted octanol–water partition coefficient (Wildman–Crippen LogP) is 1.67. The van der Waals surface area contributed by atoms with Gasteiger partial charge in [0.05, 0.1) is 12.6 Å². The van der Waals surface area contributed by atoms with Crippen molar-refractivity contribution in [1.82, 2.24) is 10.3 Å². The third-order valence-electron chi connectivity index (χ3n) is 2.90. The normalized spacial score (nSPS) is 12.0. The number of nitrogens with zero attached hydrogens (tertiary/aromatic N) is 1. The Labute approximate surface area is 123 Å². The Morgan fingerprint density at radius 2 is 1.91 bits per heavy atom. The number of aromatic nitrogens is 1. The fraction of sp³-hybridized carbons (Fsp3) is 0.143. The van der Waals surface area contributed by atoms with E-state index in [4.69, 9.17) is 0 Å². The van der Waals surface area contributed by atoms with Gasteiger partial charge in [0.15, 0.2) is 23.1 Å². The Kier molecular flexibility index (Phi) is 4.62. The van der Waals surface area contributed by atoms with E-state index in [2.05, 4.69) is 10.3 Å². The van der Waals surface area contributed by atoms with Crippen molar-refractivity contribution in [3.8, 4) is 5.75 Å². The van der Waals surface area contributed by atoms with E-state index in [1.165, 1.54) is 18.3 Å². The number of carbonyl (C=O) groups is 1. The number of aromatic hydroxyl groups is 1. The van der Waals surface area contributed by atoms with Crippen LogP contribution >= 0.6 is 0 Å². The lowest BCUT2D eigenvalue weighted by molar-refractivity contribution is 0.0907. The van der Waals surface area contributed by atoms with Crippen LogP contribution in [0.2, 0.25) is 0 Å². The molecule has 0 radical (unpaired) electrons. The second-order valence-electron chi connectivity index (χ2n) is 4.38. The van der Waals surface area contributed by atoms with Gasteiger partial charge in [0.1, 0.15) is 5.75 Å². The number of aliphatic hydroxyl groups is 1. The zero-order valence-electron chi connectivity index (χ0n) is 11.1. The highest BCUT2D eigenvalue weighted by Crippen LogP contribution is 2.20. The molecule has 1 aromatic carbocycles. The van der Waals surface area contributed by atoms with E-state index in [0.29, 0.717) is 12.1 Å². The number of amides is 1. The SMILES string of the molecule is O=C(N[C@@H](CO)c1cc(F)c(F)c(F)c1)c1ncccc1O. The topological polar surface area (TPSA) is 82.5 Å². The Morgan fingerprint density at radius 1 is 1.27 bits per heavy atom. The Hall–Kier alpha value is -2.61. The van der Waals surface area contributed by atoms with E-state index < -0.39 is 41.8 Å². The average molecular weight is 312 g/mol. The Morgan fingerprint density at radius 3 is 2.45 bits per heavy atom. The molecule has 1 heterocycles. The molecule has 2 rings (SSSR count). The number of hydrogen-bond acceptors (Lipinski definition) is 4. The third kappa shape index (κ3) is 3.17. The molecule has 3 N–H and O–H groups in total. The molecule has 8 heteroatoms. The van der Waals surface area contributed by atoms with Gasteiger partial charge < -0.3 is 15.5 Å². The van der Waals surface area contributed by atoms with E-state index in [0.717, 1.165) is 0 Å². The van der Waals surface area contributed by atoms with Crippen molar-refractivity contribution < 1.29 is 28.2 Å². The summed E-state index contributed by atoms with van der Waals surface area (Å²) in [5.41, 5.74) is -0.480. The summed E-state index contributed by atoms with van der Waals surface area (Å²) >= 11 is 0. The first-order valence-corrected chi connectivity index (χ1v) is 6.14. The van der Waals surface area contributed by atoms with E-state index in [1.807, 2.05) is 0 Å². The van der Waals surface area contributed by atoms with Gasteiger partial charge in [0, 0.05) is 6.20 Å². The summed E-state index contributed by atoms with van der Waals surface area (Å²) in [5, 5.41) is 21.0. The Bertz CT molecular complexity index is 686. The predicted molar refractivity (Wildman–Crippen MR) is 69.5 cm³/mol. The second kappa shape index (κ2) is 6.44. The first-order chi connectivity index (χ1) is 10.4. The van der Waals surface area contributed by atoms with Gasteiger partial charge >= 0.3 is 0 Å². The van der Waals surface area contributed by atoms with Crippen LogP contribution in [-0.4, -0.2) is 27.7 Å². The van der Waals surface area contributed by atoms with E-state index >= 15 is 0 Å². The fourth-order valence-electron chi connectivity index (χ4n) is 1.81. The number of rotatable bonds is 4. The molecule has 0 aliphatic heterocycles. The minimum absolute atomic E-state index is 0.164. The van der Waals surface area contributed by atoms with Crippen molar-refractivity contribution in [2.75, 3.05) is 6.61 Å². The van der Waals surface area contributed by atoms with Crippen LogP contribution in [0.15, 0.2) is 30.5 Å². The van der Waals surface area contributed by atoms with Crippen molar-refractivity contribution >= 4 is 5.91 Å². The molecular weight excluding hydrogens is 301 g/mol. The Balaban J connectivity index is 2.26. The van der Waals surface area contributed by atoms with Crippen LogP contribution in [0, 0.1) is 17.5 Å². The quantitative estimate of drug-likeness (QED) is 0.750. The van der Waals surface area contributed by atoms with Gasteiger partial charge in [-0.3, -0.25) is 4.79 Å². The summed E-state index contributed by atoms with van der Waals surface area (Å²) in [6, 6.07) is 2.77. The van der Waals surface area contributed by atoms with Crippen molar-refractivity contribution in [3.05, 3.63) is 59.2 Å². The second-order valence-corrected chi connectivity index (χ2v) is 4.38. The number of carbonyl (C=O) groups excluding carboxylic acids is 1. The molecular formula is C14H11F3N2O3. The molecule has 22 heavy (non-hydrogen) atoms. The lowest BCUT2D eigenvalue weighted by atomic mass is 10.1. The maximum Gasteiger partial charge on any atom is 0.274 e. The lowest BCUT2D eigenvalue weighted by Gasteiger charge is -2.17. The fourth-order valence-corrected chi connectivity index (χ4v) is 1.81. The molecule has 1 atom stereocenters. The van der Waals surface area contributed by atoms with Gasteiger partial charge in [-0.1, -0.05) is 0 Å². The van der Waals surface area contributed by atoms with Gasteiger partial charge in [-0.25, -0.2) is 18.2 Å². The van der Waals surface area contributed by atoms with Crippen LogP contribution < -0.4 is 5.32 Å². The summed E-state index contributed by atoms with van der Waals surface area (Å²) in [7, 11) is 0. The maximum atomic E-state index is 13.2. The molecule has 0 saturated carbocycles. The molecule has 2 aromatic rings. The standard InChI is InChI=1S/C14H11F3N2O3/c15-8-4-7(5-9(16)12(8)17)10(6-20)19-14(22)13-11(21)2-1-3-18-13/h1-5,10,20-21H,6H2,(H,19,22)/t10-/m0/s1. The summed E-state index contributed by atoms with van der Waals surface area (Å²) in [6.07, 6.45) is 1.26. The third-order valence-corrected chi connectivity index (χ3v) is 2.90. The van der Waals surface area contributed by atoms with E-state index in [1.54, 1.807) is 0 Å². The van der Waals surface area contributed by atoms with E-state index in [9.17, 15) is 28.2 Å². The minimum Gasteiger partial charge on any atom is -0.505 e. The van der Waals surface area contributed by atoms with Crippen molar-refractivity contribution in [1.29, 1.82) is 0 Å². The summed E-state index contributed by atoms with van der Waals surface area (Å²) in [6.45, 7) is -0.691. The lowest BCUT2D eigenvalue weighted by Crippen LogP contribution is -2.31. The number of benzene rings is 1. The highest BCUT2D eigenvalue weighted by Gasteiger charge is 2.21. The van der Waals surface area contributed by atoms with Crippen LogP contribution in [-0.2, 0) is 0 Å². The van der Waals surface area contributed by atoms with Crippen molar-refractivity contribution in [2.45, 2.75) is 6.04 Å². The van der Waals surface area contributed by atoms with Crippen molar-refractivity contribution in [2.24, 2.45) is 0 Å². The van der Waals surface area contributed by atoms with Gasteiger partial charge in [0.2, 0.25) is 0 Å². The van der Waals surface area contributed by atoms with Gasteiger partial charge in [-0.05, 0) is 29.8 Å². The van der Waals surface area contributed by atoms with Crippen LogP contribution in [0.3, 0.4) is 0 Å². The largest absolute Gasteiger partial charge is 0.505 e.